The van der Waals surface area contributed by atoms with E-state index in [1.54, 1.807) is 30.8 Å². The maximum absolute atomic E-state index is 12.5. The summed E-state index contributed by atoms with van der Waals surface area (Å²) in [7, 11) is 3.68. The molecular weight excluding hydrogens is 338 g/mol. The van der Waals surface area contributed by atoms with E-state index in [0.717, 1.165) is 31.6 Å². The highest BCUT2D eigenvalue weighted by Crippen LogP contribution is 2.29. The van der Waals surface area contributed by atoms with Crippen molar-refractivity contribution in [3.05, 3.63) is 40.3 Å². The number of nitrogens with one attached hydrogen (secondary N) is 1. The summed E-state index contributed by atoms with van der Waals surface area (Å²) in [5.74, 6) is 1.08. The minimum atomic E-state index is -0.0705. The van der Waals surface area contributed by atoms with E-state index in [1.165, 1.54) is 11.3 Å². The third-order valence-electron chi connectivity index (χ3n) is 4.34. The number of piperidine rings is 1. The van der Waals surface area contributed by atoms with Gasteiger partial charge in [-0.2, -0.15) is 0 Å². The normalized spacial score (nSPS) is 15.8. The highest BCUT2D eigenvalue weighted by atomic mass is 32.1. The first-order valence-corrected chi connectivity index (χ1v) is 9.27. The van der Waals surface area contributed by atoms with Crippen molar-refractivity contribution in [1.29, 1.82) is 0 Å². The van der Waals surface area contributed by atoms with E-state index < -0.39 is 0 Å². The van der Waals surface area contributed by atoms with Crippen LogP contribution in [0.15, 0.2) is 29.1 Å². The van der Waals surface area contributed by atoms with Crippen LogP contribution in [0.2, 0.25) is 0 Å². The lowest BCUT2D eigenvalue weighted by atomic mass is 10.0. The number of nitrogens with zero attached hydrogens (tertiary/aromatic N) is 2. The van der Waals surface area contributed by atoms with E-state index >= 15 is 0 Å². The van der Waals surface area contributed by atoms with Crippen LogP contribution in [-0.4, -0.2) is 49.1 Å². The minimum absolute atomic E-state index is 0.0705. The molecule has 134 valence electrons. The second-order valence-corrected chi connectivity index (χ2v) is 6.90. The lowest BCUT2D eigenvalue weighted by molar-refractivity contribution is 0.0916. The third kappa shape index (κ3) is 4.70. The highest BCUT2D eigenvalue weighted by molar-refractivity contribution is 7.07. The molecule has 7 heteroatoms. The topological polar surface area (TPSA) is 63.7 Å². The number of hydrogen-bond acceptors (Lipinski definition) is 6. The molecule has 2 aromatic rings. The number of carbonyl (C=O) groups is 1. The quantitative estimate of drug-likeness (QED) is 0.857. The Labute approximate surface area is 151 Å². The zero-order valence-corrected chi connectivity index (χ0v) is 15.3. The zero-order valence-electron chi connectivity index (χ0n) is 14.5. The molecule has 0 saturated carbocycles. The Hall–Kier alpha value is -2.12. The molecule has 0 radical (unpaired) electrons. The number of ether oxygens (including phenoxy) is 2. The van der Waals surface area contributed by atoms with E-state index in [4.69, 9.17) is 9.47 Å². The van der Waals surface area contributed by atoms with Crippen molar-refractivity contribution in [1.82, 2.24) is 15.2 Å². The zero-order chi connectivity index (χ0) is 17.6. The van der Waals surface area contributed by atoms with Gasteiger partial charge in [-0.3, -0.25) is 4.79 Å². The van der Waals surface area contributed by atoms with Gasteiger partial charge in [0.05, 0.1) is 18.3 Å². The van der Waals surface area contributed by atoms with Gasteiger partial charge in [0.25, 0.3) is 5.91 Å². The van der Waals surface area contributed by atoms with E-state index in [1.807, 2.05) is 5.38 Å². The third-order valence-corrected chi connectivity index (χ3v) is 4.97. The summed E-state index contributed by atoms with van der Waals surface area (Å²) in [4.78, 5) is 19.0. The van der Waals surface area contributed by atoms with Crippen LogP contribution >= 0.6 is 11.3 Å². The number of amides is 1. The molecule has 0 atom stereocenters. The van der Waals surface area contributed by atoms with Crippen molar-refractivity contribution in [2.75, 3.05) is 27.2 Å². The van der Waals surface area contributed by atoms with Crippen LogP contribution in [0.4, 0.5) is 0 Å². The molecule has 3 rings (SSSR count). The fourth-order valence-electron chi connectivity index (χ4n) is 2.81. The first-order chi connectivity index (χ1) is 12.2. The predicted octanol–water partition coefficient (Wildman–Crippen LogP) is 2.55. The molecule has 25 heavy (non-hydrogen) atoms. The van der Waals surface area contributed by atoms with Crippen LogP contribution in [0.5, 0.6) is 11.5 Å². The molecule has 0 aliphatic carbocycles. The number of likely N-dealkylation sites (tertiary alicyclic amines) is 1. The Morgan fingerprint density at radius 1 is 1.36 bits per heavy atom. The summed E-state index contributed by atoms with van der Waals surface area (Å²) in [5.41, 5.74) is 3.22. The largest absolute Gasteiger partial charge is 0.493 e. The first-order valence-electron chi connectivity index (χ1n) is 8.33. The Kier molecular flexibility index (Phi) is 5.88. The van der Waals surface area contributed by atoms with Crippen LogP contribution in [0, 0.1) is 0 Å². The van der Waals surface area contributed by atoms with Gasteiger partial charge in [0.15, 0.2) is 11.5 Å². The van der Waals surface area contributed by atoms with Crippen LogP contribution in [0.3, 0.4) is 0 Å². The molecule has 6 nitrogen and oxygen atoms in total. The average molecular weight is 361 g/mol. The number of hydrogen-bond donors (Lipinski definition) is 1. The van der Waals surface area contributed by atoms with Gasteiger partial charge in [-0.15, -0.1) is 11.3 Å². The maximum Gasteiger partial charge on any atom is 0.251 e. The first kappa shape index (κ1) is 17.7. The Morgan fingerprint density at radius 2 is 2.16 bits per heavy atom. The number of carbonyl (C=O) groups excluding carboxylic acids is 1. The SMILES string of the molecule is COc1cc(C(=O)NC2CCN(C)CC2)ccc1OCc1cscn1. The summed E-state index contributed by atoms with van der Waals surface area (Å²) in [6.07, 6.45) is 1.96. The van der Waals surface area contributed by atoms with Gasteiger partial charge in [-0.25, -0.2) is 4.98 Å². The molecule has 1 fully saturated rings. The fourth-order valence-corrected chi connectivity index (χ4v) is 3.35. The van der Waals surface area contributed by atoms with Gasteiger partial charge in [0, 0.05) is 17.0 Å². The molecule has 0 bridgehead atoms. The number of thiazole rings is 1. The van der Waals surface area contributed by atoms with Gasteiger partial charge >= 0.3 is 0 Å². The number of benzene rings is 1. The molecule has 1 aromatic carbocycles. The van der Waals surface area contributed by atoms with Crippen molar-refractivity contribution < 1.29 is 14.3 Å². The minimum Gasteiger partial charge on any atom is -0.493 e. The molecule has 1 aliphatic rings. The lowest BCUT2D eigenvalue weighted by Crippen LogP contribution is -2.43. The average Bonchev–Trinajstić information content (AvgIpc) is 3.15. The molecule has 2 heterocycles. The van der Waals surface area contributed by atoms with Gasteiger partial charge in [0.1, 0.15) is 6.61 Å². The second-order valence-electron chi connectivity index (χ2n) is 6.19. The summed E-state index contributed by atoms with van der Waals surface area (Å²) in [6, 6.07) is 5.49. The van der Waals surface area contributed by atoms with Crippen LogP contribution in [0.25, 0.3) is 0 Å². The van der Waals surface area contributed by atoms with E-state index in [0.29, 0.717) is 23.7 Å². The standard InChI is InChI=1S/C18H23N3O3S/c1-21-7-5-14(6-8-21)20-18(22)13-3-4-16(17(9-13)23-2)24-10-15-11-25-12-19-15/h3-4,9,11-12,14H,5-8,10H2,1-2H3,(H,20,22). The van der Waals surface area contributed by atoms with E-state index in [-0.39, 0.29) is 11.9 Å². The predicted molar refractivity (Wildman–Crippen MR) is 97.4 cm³/mol. The Bertz CT molecular complexity index is 698. The molecule has 0 spiro atoms. The summed E-state index contributed by atoms with van der Waals surface area (Å²) in [6.45, 7) is 2.40. The van der Waals surface area contributed by atoms with Crippen LogP contribution < -0.4 is 14.8 Å². The second kappa shape index (κ2) is 8.31. The van der Waals surface area contributed by atoms with Crippen molar-refractivity contribution in [3.63, 3.8) is 0 Å². The molecule has 0 unspecified atom stereocenters. The number of rotatable bonds is 6. The van der Waals surface area contributed by atoms with Gasteiger partial charge in [0.2, 0.25) is 0 Å². The molecule has 1 aliphatic heterocycles. The van der Waals surface area contributed by atoms with Crippen molar-refractivity contribution >= 4 is 17.2 Å². The van der Waals surface area contributed by atoms with Crippen LogP contribution in [-0.2, 0) is 6.61 Å². The number of aromatic nitrogens is 1. The summed E-state index contributed by atoms with van der Waals surface area (Å²) < 4.78 is 11.1. The van der Waals surface area contributed by atoms with Gasteiger partial charge in [-0.05, 0) is 51.2 Å². The monoisotopic (exact) mass is 361 g/mol. The molecule has 1 saturated heterocycles. The number of methoxy groups -OCH3 is 1. The molecule has 1 N–H and O–H groups in total. The van der Waals surface area contributed by atoms with Gasteiger partial charge in [-0.1, -0.05) is 0 Å². The fraction of sp³-hybridized carbons (Fsp3) is 0.444. The Balaban J connectivity index is 1.62. The van der Waals surface area contributed by atoms with Crippen molar-refractivity contribution in [2.45, 2.75) is 25.5 Å². The van der Waals surface area contributed by atoms with Crippen LogP contribution in [0.1, 0.15) is 28.9 Å². The summed E-state index contributed by atoms with van der Waals surface area (Å²) >= 11 is 1.53. The molecular formula is C18H23N3O3S. The highest BCUT2D eigenvalue weighted by Gasteiger charge is 2.20. The smallest absolute Gasteiger partial charge is 0.251 e. The van der Waals surface area contributed by atoms with E-state index in [2.05, 4.69) is 22.2 Å². The summed E-state index contributed by atoms with van der Waals surface area (Å²) in [5, 5.41) is 5.05. The lowest BCUT2D eigenvalue weighted by Gasteiger charge is -2.29. The Morgan fingerprint density at radius 3 is 2.84 bits per heavy atom. The van der Waals surface area contributed by atoms with Gasteiger partial charge < -0.3 is 19.7 Å². The maximum atomic E-state index is 12.5. The molecule has 1 aromatic heterocycles. The van der Waals surface area contributed by atoms with Crippen molar-refractivity contribution in [3.8, 4) is 11.5 Å². The van der Waals surface area contributed by atoms with Crippen molar-refractivity contribution in [2.24, 2.45) is 0 Å². The molecule has 1 amide bonds. The van der Waals surface area contributed by atoms with E-state index in [9.17, 15) is 4.79 Å².